The van der Waals surface area contributed by atoms with Crippen LogP contribution in [0, 0.1) is 5.92 Å². The summed E-state index contributed by atoms with van der Waals surface area (Å²) in [6.07, 6.45) is 3.09. The molecule has 0 bridgehead atoms. The third-order valence-corrected chi connectivity index (χ3v) is 4.96. The maximum atomic E-state index is 13.2. The Bertz CT molecular complexity index is 855. The first-order chi connectivity index (χ1) is 13.0. The number of rotatable bonds is 8. The highest BCUT2D eigenvalue weighted by Gasteiger charge is 2.33. The molecule has 0 aromatic heterocycles. The van der Waals surface area contributed by atoms with Gasteiger partial charge in [-0.3, -0.25) is 9.59 Å². The van der Waals surface area contributed by atoms with Gasteiger partial charge in [0.05, 0.1) is 11.1 Å². The summed E-state index contributed by atoms with van der Waals surface area (Å²) in [4.78, 5) is 26.5. The molecule has 2 aromatic carbocycles. The fraction of sp³-hybridized carbons (Fsp3) is 0.391. The number of nitrogens with one attached hydrogen (secondary N) is 2. The second-order valence-electron chi connectivity index (χ2n) is 7.50. The Kier molecular flexibility index (Phi) is 5.94. The fourth-order valence-electron chi connectivity index (χ4n) is 3.41. The molecule has 4 heteroatoms. The summed E-state index contributed by atoms with van der Waals surface area (Å²) in [5.41, 5.74) is 3.49. The topological polar surface area (TPSA) is 58.2 Å². The summed E-state index contributed by atoms with van der Waals surface area (Å²) in [7, 11) is 0. The Morgan fingerprint density at radius 2 is 1.33 bits per heavy atom. The normalized spacial score (nSPS) is 12.7. The van der Waals surface area contributed by atoms with E-state index in [4.69, 9.17) is 0 Å². The van der Waals surface area contributed by atoms with E-state index in [-0.39, 0.29) is 11.6 Å². The van der Waals surface area contributed by atoms with Gasteiger partial charge in [-0.15, -0.1) is 0 Å². The minimum atomic E-state index is -0.0774. The van der Waals surface area contributed by atoms with Crippen molar-refractivity contribution in [1.82, 2.24) is 0 Å². The lowest BCUT2D eigenvalue weighted by Crippen LogP contribution is -2.24. The Balaban J connectivity index is 2.04. The van der Waals surface area contributed by atoms with Crippen molar-refractivity contribution < 1.29 is 9.59 Å². The molecule has 0 amide bonds. The monoisotopic (exact) mass is 364 g/mol. The molecule has 0 heterocycles. The van der Waals surface area contributed by atoms with E-state index in [9.17, 15) is 9.59 Å². The van der Waals surface area contributed by atoms with Crippen LogP contribution in [0.5, 0.6) is 0 Å². The standard InChI is InChI=1S/C23H28N2O2/c1-4-5-13-24-18-10-11-19(25-14-12-15(2)3)21-20(18)22(26)16-8-6-7-9-17(16)23(21)27/h6-11,15,24-25H,4-5,12-14H2,1-3H3. The van der Waals surface area contributed by atoms with Crippen LogP contribution in [0.15, 0.2) is 36.4 Å². The highest BCUT2D eigenvalue weighted by atomic mass is 16.1. The van der Waals surface area contributed by atoms with Crippen molar-refractivity contribution in [2.24, 2.45) is 5.92 Å². The zero-order valence-corrected chi connectivity index (χ0v) is 16.4. The molecular weight excluding hydrogens is 336 g/mol. The molecule has 0 unspecified atom stereocenters. The summed E-state index contributed by atoms with van der Waals surface area (Å²) < 4.78 is 0. The highest BCUT2D eigenvalue weighted by molar-refractivity contribution is 6.31. The molecule has 0 saturated carbocycles. The molecule has 2 N–H and O–H groups in total. The van der Waals surface area contributed by atoms with Crippen LogP contribution in [0.1, 0.15) is 71.9 Å². The van der Waals surface area contributed by atoms with Crippen LogP contribution in [0.4, 0.5) is 11.4 Å². The number of unbranched alkanes of at least 4 members (excludes halogenated alkanes) is 1. The van der Waals surface area contributed by atoms with Crippen molar-refractivity contribution in [2.45, 2.75) is 40.0 Å². The second kappa shape index (κ2) is 8.38. The number of anilines is 2. The molecule has 27 heavy (non-hydrogen) atoms. The predicted molar refractivity (Wildman–Crippen MR) is 111 cm³/mol. The molecule has 0 atom stereocenters. The minimum Gasteiger partial charge on any atom is -0.384 e. The first kappa shape index (κ1) is 19.2. The van der Waals surface area contributed by atoms with Crippen molar-refractivity contribution in [1.29, 1.82) is 0 Å². The van der Waals surface area contributed by atoms with Gasteiger partial charge in [-0.25, -0.2) is 0 Å². The molecule has 0 radical (unpaired) electrons. The largest absolute Gasteiger partial charge is 0.384 e. The molecule has 2 aromatic rings. The maximum absolute atomic E-state index is 13.2. The first-order valence-electron chi connectivity index (χ1n) is 9.87. The molecule has 0 fully saturated rings. The lowest BCUT2D eigenvalue weighted by Gasteiger charge is -2.24. The number of ketones is 2. The van der Waals surface area contributed by atoms with Crippen molar-refractivity contribution in [3.05, 3.63) is 58.7 Å². The van der Waals surface area contributed by atoms with Crippen molar-refractivity contribution in [3.63, 3.8) is 0 Å². The predicted octanol–water partition coefficient (Wildman–Crippen LogP) is 5.13. The Morgan fingerprint density at radius 3 is 1.81 bits per heavy atom. The van der Waals surface area contributed by atoms with Crippen LogP contribution in [0.3, 0.4) is 0 Å². The number of hydrogen-bond acceptors (Lipinski definition) is 4. The molecule has 4 nitrogen and oxygen atoms in total. The summed E-state index contributed by atoms with van der Waals surface area (Å²) >= 11 is 0. The van der Waals surface area contributed by atoms with E-state index in [1.165, 1.54) is 0 Å². The van der Waals surface area contributed by atoms with Gasteiger partial charge in [0.25, 0.3) is 0 Å². The van der Waals surface area contributed by atoms with E-state index in [0.29, 0.717) is 28.2 Å². The first-order valence-corrected chi connectivity index (χ1v) is 9.87. The van der Waals surface area contributed by atoms with Crippen LogP contribution in [0.25, 0.3) is 0 Å². The smallest absolute Gasteiger partial charge is 0.196 e. The summed E-state index contributed by atoms with van der Waals surface area (Å²) in [6, 6.07) is 11.0. The van der Waals surface area contributed by atoms with Crippen LogP contribution in [-0.2, 0) is 0 Å². The molecule has 0 aliphatic heterocycles. The Morgan fingerprint density at radius 1 is 0.815 bits per heavy atom. The lowest BCUT2D eigenvalue weighted by atomic mass is 9.82. The van der Waals surface area contributed by atoms with E-state index >= 15 is 0 Å². The van der Waals surface area contributed by atoms with Crippen LogP contribution >= 0.6 is 0 Å². The third kappa shape index (κ3) is 3.90. The van der Waals surface area contributed by atoms with E-state index in [1.54, 1.807) is 12.1 Å². The summed E-state index contributed by atoms with van der Waals surface area (Å²) in [6.45, 7) is 8.03. The van der Waals surface area contributed by atoms with Crippen molar-refractivity contribution in [3.8, 4) is 0 Å². The van der Waals surface area contributed by atoms with Gasteiger partial charge in [-0.1, -0.05) is 51.5 Å². The van der Waals surface area contributed by atoms with E-state index in [1.807, 2.05) is 24.3 Å². The van der Waals surface area contributed by atoms with Gasteiger partial charge >= 0.3 is 0 Å². The van der Waals surface area contributed by atoms with Crippen LogP contribution < -0.4 is 10.6 Å². The van der Waals surface area contributed by atoms with Gasteiger partial charge < -0.3 is 10.6 Å². The van der Waals surface area contributed by atoms with Gasteiger partial charge in [0, 0.05) is 35.6 Å². The molecule has 0 saturated heterocycles. The second-order valence-corrected chi connectivity index (χ2v) is 7.50. The average Bonchev–Trinajstić information content (AvgIpc) is 2.66. The van der Waals surface area contributed by atoms with Gasteiger partial charge in [-0.05, 0) is 30.9 Å². The average molecular weight is 364 g/mol. The van der Waals surface area contributed by atoms with Crippen molar-refractivity contribution >= 4 is 22.9 Å². The number of benzene rings is 2. The fourth-order valence-corrected chi connectivity index (χ4v) is 3.41. The van der Waals surface area contributed by atoms with Gasteiger partial charge in [0.2, 0.25) is 0 Å². The van der Waals surface area contributed by atoms with Gasteiger partial charge in [0.15, 0.2) is 11.6 Å². The summed E-state index contributed by atoms with van der Waals surface area (Å²) in [5.74, 6) is 0.416. The number of carbonyl (C=O) groups excluding carboxylic acids is 2. The van der Waals surface area contributed by atoms with Crippen molar-refractivity contribution in [2.75, 3.05) is 23.7 Å². The van der Waals surface area contributed by atoms with E-state index < -0.39 is 0 Å². The third-order valence-electron chi connectivity index (χ3n) is 4.96. The molecule has 3 rings (SSSR count). The van der Waals surface area contributed by atoms with Crippen LogP contribution in [0.2, 0.25) is 0 Å². The molecule has 1 aliphatic carbocycles. The summed E-state index contributed by atoms with van der Waals surface area (Å²) in [5, 5.41) is 6.74. The van der Waals surface area contributed by atoms with E-state index in [2.05, 4.69) is 31.4 Å². The Labute approximate surface area is 161 Å². The highest BCUT2D eigenvalue weighted by Crippen LogP contribution is 2.36. The Hall–Kier alpha value is -2.62. The zero-order valence-electron chi connectivity index (χ0n) is 16.4. The molecule has 0 spiro atoms. The number of fused-ring (bicyclic) bond motifs is 2. The quantitative estimate of drug-likeness (QED) is 0.544. The molecule has 142 valence electrons. The number of carbonyl (C=O) groups is 2. The zero-order chi connectivity index (χ0) is 19.4. The number of hydrogen-bond donors (Lipinski definition) is 2. The lowest BCUT2D eigenvalue weighted by molar-refractivity contribution is 0.0980. The van der Waals surface area contributed by atoms with Gasteiger partial charge in [0.1, 0.15) is 0 Å². The minimum absolute atomic E-state index is 0.0771. The van der Waals surface area contributed by atoms with Gasteiger partial charge in [-0.2, -0.15) is 0 Å². The van der Waals surface area contributed by atoms with E-state index in [0.717, 1.165) is 43.7 Å². The SMILES string of the molecule is CCCCNc1ccc(NCCC(C)C)c2c1C(=O)c1ccccc1C2=O. The molecule has 1 aliphatic rings. The van der Waals surface area contributed by atoms with Crippen LogP contribution in [-0.4, -0.2) is 24.7 Å². The molecular formula is C23H28N2O2. The maximum Gasteiger partial charge on any atom is 0.196 e.